The molecule has 4 rings (SSSR count). The Hall–Kier alpha value is -2.87. The van der Waals surface area contributed by atoms with Gasteiger partial charge in [-0.25, -0.2) is 8.42 Å². The summed E-state index contributed by atoms with van der Waals surface area (Å²) in [6.45, 7) is 1.67. The molecule has 7 nitrogen and oxygen atoms in total. The van der Waals surface area contributed by atoms with E-state index in [1.165, 1.54) is 17.7 Å². The Labute approximate surface area is 177 Å². The van der Waals surface area contributed by atoms with Gasteiger partial charge in [0.15, 0.2) is 0 Å². The first kappa shape index (κ1) is 20.4. The van der Waals surface area contributed by atoms with E-state index in [9.17, 15) is 13.2 Å². The predicted molar refractivity (Wildman–Crippen MR) is 119 cm³/mol. The van der Waals surface area contributed by atoms with E-state index < -0.39 is 10.0 Å². The molecule has 2 aromatic carbocycles. The molecule has 2 heterocycles. The predicted octanol–water partition coefficient (Wildman–Crippen LogP) is 2.94. The van der Waals surface area contributed by atoms with Crippen molar-refractivity contribution in [1.82, 2.24) is 4.72 Å². The molecule has 2 aromatic rings. The van der Waals surface area contributed by atoms with E-state index in [0.29, 0.717) is 24.5 Å². The van der Waals surface area contributed by atoms with E-state index in [0.717, 1.165) is 37.9 Å². The van der Waals surface area contributed by atoms with Crippen LogP contribution in [0.1, 0.15) is 31.2 Å². The summed E-state index contributed by atoms with van der Waals surface area (Å²) in [6, 6.07) is 14.4. The van der Waals surface area contributed by atoms with Crippen LogP contribution in [0.25, 0.3) is 0 Å². The van der Waals surface area contributed by atoms with Crippen molar-refractivity contribution in [3.63, 3.8) is 0 Å². The summed E-state index contributed by atoms with van der Waals surface area (Å²) >= 11 is 0. The lowest BCUT2D eigenvalue weighted by atomic mass is 10.2. The Bertz CT molecular complexity index is 1070. The van der Waals surface area contributed by atoms with Crippen LogP contribution in [-0.4, -0.2) is 39.8 Å². The highest BCUT2D eigenvalue weighted by molar-refractivity contribution is 7.90. The van der Waals surface area contributed by atoms with Gasteiger partial charge >= 0.3 is 0 Å². The van der Waals surface area contributed by atoms with Crippen LogP contribution in [0.5, 0.6) is 0 Å². The third kappa shape index (κ3) is 4.81. The third-order valence-electron chi connectivity index (χ3n) is 5.37. The number of carbonyl (C=O) groups is 1. The monoisotopic (exact) mass is 426 g/mol. The average molecular weight is 427 g/mol. The van der Waals surface area contributed by atoms with Crippen LogP contribution in [0.4, 0.5) is 11.4 Å². The number of hydrogen-bond acceptors (Lipinski definition) is 5. The van der Waals surface area contributed by atoms with E-state index in [1.54, 1.807) is 12.1 Å². The number of rotatable bonds is 5. The smallest absolute Gasteiger partial charge is 0.262 e. The number of carbonyl (C=O) groups excluding carboxylic acids is 1. The standard InChI is InChI=1S/C22H26N4O3S/c27-22(16-26-14-12-17-7-3-4-10-20(17)26)24-18-8-6-9-19(15-18)30(28,29)25-21-11-2-1-5-13-23-21/h3-4,6-10,15H,1-2,5,11-14,16H2,(H,23,25)(H,24,27). The van der Waals surface area contributed by atoms with Crippen molar-refractivity contribution in [2.75, 3.05) is 29.9 Å². The van der Waals surface area contributed by atoms with Gasteiger partial charge in [-0.3, -0.25) is 14.5 Å². The summed E-state index contributed by atoms with van der Waals surface area (Å²) in [6.07, 6.45) is 4.52. The van der Waals surface area contributed by atoms with E-state index in [2.05, 4.69) is 21.1 Å². The average Bonchev–Trinajstić information content (AvgIpc) is 2.95. The molecule has 0 spiro atoms. The molecule has 0 atom stereocenters. The molecular formula is C22H26N4O3S. The van der Waals surface area contributed by atoms with Crippen LogP contribution in [0.3, 0.4) is 0 Å². The van der Waals surface area contributed by atoms with Crippen LogP contribution in [0.2, 0.25) is 0 Å². The van der Waals surface area contributed by atoms with Gasteiger partial charge < -0.3 is 10.2 Å². The van der Waals surface area contributed by atoms with Gasteiger partial charge in [-0.15, -0.1) is 0 Å². The molecule has 0 unspecified atom stereocenters. The SMILES string of the molecule is O=C(CN1CCc2ccccc21)Nc1cccc(S(=O)(=O)NC2=NCCCCC2)c1. The normalized spacial score (nSPS) is 16.4. The highest BCUT2D eigenvalue weighted by Gasteiger charge is 2.21. The van der Waals surface area contributed by atoms with E-state index in [-0.39, 0.29) is 17.3 Å². The zero-order valence-corrected chi connectivity index (χ0v) is 17.6. The molecule has 8 heteroatoms. The van der Waals surface area contributed by atoms with Gasteiger partial charge in [0.05, 0.1) is 11.4 Å². The molecular weight excluding hydrogens is 400 g/mol. The zero-order valence-electron chi connectivity index (χ0n) is 16.8. The first-order valence-corrected chi connectivity index (χ1v) is 11.8. The molecule has 0 radical (unpaired) electrons. The van der Waals surface area contributed by atoms with E-state index in [1.807, 2.05) is 23.1 Å². The second kappa shape index (κ2) is 8.87. The maximum atomic E-state index is 12.8. The Morgan fingerprint density at radius 1 is 1.03 bits per heavy atom. The summed E-state index contributed by atoms with van der Waals surface area (Å²) in [4.78, 5) is 19.0. The van der Waals surface area contributed by atoms with Gasteiger partial charge in [0.2, 0.25) is 5.91 Å². The molecule has 0 aliphatic carbocycles. The second-order valence-corrected chi connectivity index (χ2v) is 9.30. The molecule has 0 aromatic heterocycles. The minimum Gasteiger partial charge on any atom is -0.362 e. The van der Waals surface area contributed by atoms with Crippen LogP contribution >= 0.6 is 0 Å². The van der Waals surface area contributed by atoms with Crippen molar-refractivity contribution in [2.45, 2.75) is 37.0 Å². The first-order valence-electron chi connectivity index (χ1n) is 10.3. The summed E-state index contributed by atoms with van der Waals surface area (Å²) in [5.41, 5.74) is 2.78. The molecule has 0 saturated carbocycles. The lowest BCUT2D eigenvalue weighted by Crippen LogP contribution is -2.32. The summed E-state index contributed by atoms with van der Waals surface area (Å²) in [5.74, 6) is 0.331. The molecule has 1 amide bonds. The van der Waals surface area contributed by atoms with Gasteiger partial charge in [0, 0.05) is 30.9 Å². The van der Waals surface area contributed by atoms with Gasteiger partial charge in [-0.1, -0.05) is 30.7 Å². The number of nitrogens with one attached hydrogen (secondary N) is 2. The Morgan fingerprint density at radius 3 is 2.80 bits per heavy atom. The van der Waals surface area contributed by atoms with Crippen LogP contribution in [0, 0.1) is 0 Å². The van der Waals surface area contributed by atoms with Gasteiger partial charge in [-0.2, -0.15) is 0 Å². The van der Waals surface area contributed by atoms with Crippen molar-refractivity contribution in [2.24, 2.45) is 4.99 Å². The van der Waals surface area contributed by atoms with Crippen molar-refractivity contribution in [3.8, 4) is 0 Å². The Kier molecular flexibility index (Phi) is 6.03. The third-order valence-corrected chi connectivity index (χ3v) is 6.75. The molecule has 158 valence electrons. The minimum atomic E-state index is -3.74. The maximum absolute atomic E-state index is 12.8. The number of hydrogen-bond donors (Lipinski definition) is 2. The minimum absolute atomic E-state index is 0.110. The van der Waals surface area contributed by atoms with Crippen LogP contribution in [-0.2, 0) is 21.2 Å². The lowest BCUT2D eigenvalue weighted by molar-refractivity contribution is -0.115. The van der Waals surface area contributed by atoms with Crippen molar-refractivity contribution >= 4 is 33.1 Å². The van der Waals surface area contributed by atoms with Crippen molar-refractivity contribution in [1.29, 1.82) is 0 Å². The number of nitrogens with zero attached hydrogens (tertiary/aromatic N) is 2. The molecule has 30 heavy (non-hydrogen) atoms. The molecule has 2 aliphatic rings. The van der Waals surface area contributed by atoms with E-state index in [4.69, 9.17) is 0 Å². The molecule has 2 N–H and O–H groups in total. The Balaban J connectivity index is 1.42. The highest BCUT2D eigenvalue weighted by Crippen LogP contribution is 2.27. The van der Waals surface area contributed by atoms with Gasteiger partial charge in [0.1, 0.15) is 5.84 Å². The van der Waals surface area contributed by atoms with Gasteiger partial charge in [-0.05, 0) is 49.1 Å². The topological polar surface area (TPSA) is 90.9 Å². The largest absolute Gasteiger partial charge is 0.362 e. The number of benzene rings is 2. The van der Waals surface area contributed by atoms with E-state index >= 15 is 0 Å². The fourth-order valence-corrected chi connectivity index (χ4v) is 4.99. The van der Waals surface area contributed by atoms with Gasteiger partial charge in [0.25, 0.3) is 10.0 Å². The fourth-order valence-electron chi connectivity index (χ4n) is 3.86. The number of aliphatic imine (C=N–C) groups is 1. The summed E-state index contributed by atoms with van der Waals surface area (Å²) < 4.78 is 28.1. The lowest BCUT2D eigenvalue weighted by Gasteiger charge is -2.19. The van der Waals surface area contributed by atoms with Crippen molar-refractivity contribution in [3.05, 3.63) is 54.1 Å². The quantitative estimate of drug-likeness (QED) is 0.769. The number of amidine groups is 1. The van der Waals surface area contributed by atoms with Crippen molar-refractivity contribution < 1.29 is 13.2 Å². The zero-order chi connectivity index (χ0) is 21.0. The highest BCUT2D eigenvalue weighted by atomic mass is 32.2. The number of para-hydroxylation sites is 1. The Morgan fingerprint density at radius 2 is 1.90 bits per heavy atom. The number of amides is 1. The molecule has 0 bridgehead atoms. The molecule has 2 aliphatic heterocycles. The summed E-state index contributed by atoms with van der Waals surface area (Å²) in [7, 11) is -3.74. The number of sulfonamides is 1. The summed E-state index contributed by atoms with van der Waals surface area (Å²) in [5, 5.41) is 2.82. The van der Waals surface area contributed by atoms with Crippen LogP contribution in [0.15, 0.2) is 58.4 Å². The number of anilines is 2. The maximum Gasteiger partial charge on any atom is 0.262 e. The second-order valence-electron chi connectivity index (χ2n) is 7.62. The van der Waals surface area contributed by atoms with Crippen LogP contribution < -0.4 is 14.9 Å². The molecule has 0 saturated heterocycles. The number of fused-ring (bicyclic) bond motifs is 1. The first-order chi connectivity index (χ1) is 14.5. The fraction of sp³-hybridized carbons (Fsp3) is 0.364. The molecule has 0 fully saturated rings.